The highest BCUT2D eigenvalue weighted by atomic mass is 32.2. The minimum atomic E-state index is -0.136. The zero-order valence-electron chi connectivity index (χ0n) is 47.5. The molecule has 4 fully saturated rings. The molecule has 0 N–H and O–H groups in total. The zero-order valence-corrected chi connectivity index (χ0v) is 48.3. The molecule has 11 aromatic carbocycles. The standard InChI is InChI=1S/C77H60B2N4S/c1-77(2,3)54-42-69-75-73(43-54)84-72-47-68-62(46-63(72)79(75)61-34-20-22-36-65(61)83(69)76-58(49-25-11-5-12-26-49)38-51(48-23-9-4-10-24-48)39-59(76)50-27-13-6-14-28-50)78-60-33-19-21-35-64(60)80(55-29-15-7-16-30-55)70-44-57(82-66-40-52-37-53(66)41-67(52)82)45-71(74(70)78)81(68)56-31-17-8-18-32-56/h4-36,38-39,42-47,52-53,66-67H,37,40-41H2,1-3H3. The largest absolute Gasteiger partial charge is 0.365 e. The predicted molar refractivity (Wildman–Crippen MR) is 356 cm³/mol. The van der Waals surface area contributed by atoms with Crippen molar-refractivity contribution >= 4 is 115 Å². The van der Waals surface area contributed by atoms with Crippen LogP contribution < -0.4 is 52.4 Å². The normalized spacial score (nSPS) is 18.8. The lowest BCUT2D eigenvalue weighted by Gasteiger charge is -2.46. The Morgan fingerprint density at radius 2 is 0.833 bits per heavy atom. The van der Waals surface area contributed by atoms with Crippen LogP contribution in [0.2, 0.25) is 0 Å². The molecule has 19 rings (SSSR count). The highest BCUT2D eigenvalue weighted by Gasteiger charge is 2.59. The third-order valence-electron chi connectivity index (χ3n) is 20.1. The van der Waals surface area contributed by atoms with E-state index < -0.39 is 0 Å². The van der Waals surface area contributed by atoms with Crippen LogP contribution in [-0.2, 0) is 5.41 Å². The summed E-state index contributed by atoms with van der Waals surface area (Å²) in [6.07, 6.45) is 4.06. The summed E-state index contributed by atoms with van der Waals surface area (Å²) in [5, 5.41) is 0. The molecule has 6 aliphatic heterocycles. The smallest absolute Gasteiger partial charge is 0.252 e. The van der Waals surface area contributed by atoms with Crippen molar-refractivity contribution in [3.8, 4) is 33.4 Å². The Hall–Kier alpha value is -8.90. The average molecular weight is 1100 g/mol. The van der Waals surface area contributed by atoms with Crippen LogP contribution in [0.3, 0.4) is 0 Å². The highest BCUT2D eigenvalue weighted by Crippen LogP contribution is 2.60. The van der Waals surface area contributed by atoms with Gasteiger partial charge in [0.2, 0.25) is 6.71 Å². The first-order valence-electron chi connectivity index (χ1n) is 30.3. The molecule has 0 radical (unpaired) electrons. The van der Waals surface area contributed by atoms with E-state index in [4.69, 9.17) is 0 Å². The van der Waals surface area contributed by atoms with Crippen LogP contribution in [0.1, 0.15) is 45.6 Å². The van der Waals surface area contributed by atoms with Crippen LogP contribution >= 0.6 is 11.8 Å². The van der Waals surface area contributed by atoms with Crippen LogP contribution in [0.15, 0.2) is 259 Å². The van der Waals surface area contributed by atoms with Gasteiger partial charge in [-0.1, -0.05) is 208 Å². The first-order valence-corrected chi connectivity index (χ1v) is 31.2. The molecule has 2 aliphatic carbocycles. The second kappa shape index (κ2) is 18.3. The molecule has 11 aromatic rings. The van der Waals surface area contributed by atoms with E-state index in [1.807, 2.05) is 11.8 Å². The molecule has 4 unspecified atom stereocenters. The molecule has 4 bridgehead atoms. The minimum Gasteiger partial charge on any atom is -0.365 e. The number of anilines is 10. The van der Waals surface area contributed by atoms with E-state index in [2.05, 4.69) is 289 Å². The van der Waals surface area contributed by atoms with Gasteiger partial charge in [0.25, 0.3) is 6.71 Å². The predicted octanol–water partition coefficient (Wildman–Crippen LogP) is 15.8. The van der Waals surface area contributed by atoms with Crippen molar-refractivity contribution in [2.45, 2.75) is 67.3 Å². The van der Waals surface area contributed by atoms with E-state index >= 15 is 0 Å². The SMILES string of the molecule is CC(C)(C)c1cc2c3c(c1)N(c1c(-c4ccccc4)cc(-c4ccccc4)cc1-c1ccccc1)c1ccccc1B3c1cc3c(cc1S2)N(c1ccccc1)c1cc(N2C4CC5CC4CC52)cc2c1B3c1ccccc1N2c1ccccc1. The van der Waals surface area contributed by atoms with Gasteiger partial charge in [0.1, 0.15) is 0 Å². The van der Waals surface area contributed by atoms with Crippen molar-refractivity contribution in [3.05, 3.63) is 254 Å². The summed E-state index contributed by atoms with van der Waals surface area (Å²) in [6.45, 7) is 7.09. The van der Waals surface area contributed by atoms with Crippen LogP contribution in [0, 0.1) is 11.8 Å². The van der Waals surface area contributed by atoms with Crippen molar-refractivity contribution in [1.82, 2.24) is 0 Å². The fourth-order valence-electron chi connectivity index (χ4n) is 16.5. The Morgan fingerprint density at radius 3 is 1.38 bits per heavy atom. The van der Waals surface area contributed by atoms with Gasteiger partial charge in [-0.25, -0.2) is 0 Å². The van der Waals surface area contributed by atoms with Gasteiger partial charge < -0.3 is 19.6 Å². The van der Waals surface area contributed by atoms with E-state index in [1.165, 1.54) is 158 Å². The van der Waals surface area contributed by atoms with E-state index in [9.17, 15) is 0 Å². The topological polar surface area (TPSA) is 13.0 Å². The number of piperidine rings is 1. The lowest BCUT2D eigenvalue weighted by Crippen LogP contribution is -2.64. The van der Waals surface area contributed by atoms with Crippen molar-refractivity contribution in [1.29, 1.82) is 0 Å². The van der Waals surface area contributed by atoms with Crippen LogP contribution in [0.25, 0.3) is 33.4 Å². The van der Waals surface area contributed by atoms with Crippen molar-refractivity contribution in [2.24, 2.45) is 11.8 Å². The molecule has 0 amide bonds. The Bertz CT molecular complexity index is 4420. The molecule has 400 valence electrons. The fourth-order valence-corrected chi connectivity index (χ4v) is 17.8. The molecule has 6 heterocycles. The summed E-state index contributed by atoms with van der Waals surface area (Å²) < 4.78 is 0. The fraction of sp³-hybridized carbons (Fsp3) is 0.143. The lowest BCUT2D eigenvalue weighted by atomic mass is 9.31. The minimum absolute atomic E-state index is 0.0152. The van der Waals surface area contributed by atoms with Gasteiger partial charge in [-0.2, -0.15) is 0 Å². The summed E-state index contributed by atoms with van der Waals surface area (Å²) in [7, 11) is 0. The number of benzene rings is 11. The third kappa shape index (κ3) is 7.12. The third-order valence-corrected chi connectivity index (χ3v) is 21.2. The van der Waals surface area contributed by atoms with Gasteiger partial charge in [0, 0.05) is 84.2 Å². The number of rotatable bonds is 7. The van der Waals surface area contributed by atoms with Crippen molar-refractivity contribution < 1.29 is 0 Å². The number of nitrogens with zero attached hydrogens (tertiary/aromatic N) is 4. The maximum absolute atomic E-state index is 2.88. The summed E-state index contributed by atoms with van der Waals surface area (Å²) in [5.74, 6) is 1.61. The summed E-state index contributed by atoms with van der Waals surface area (Å²) >= 11 is 1.98. The molecule has 2 saturated heterocycles. The second-order valence-corrected chi connectivity index (χ2v) is 26.6. The molecule has 84 heavy (non-hydrogen) atoms. The van der Waals surface area contributed by atoms with Crippen LogP contribution in [-0.4, -0.2) is 25.5 Å². The molecule has 7 heteroatoms. The van der Waals surface area contributed by atoms with Gasteiger partial charge in [0.15, 0.2) is 0 Å². The average Bonchev–Trinajstić information content (AvgIpc) is 0.988. The van der Waals surface area contributed by atoms with Gasteiger partial charge in [-0.05, 0) is 171 Å². The zero-order chi connectivity index (χ0) is 55.5. The van der Waals surface area contributed by atoms with E-state index in [-0.39, 0.29) is 18.8 Å². The summed E-state index contributed by atoms with van der Waals surface area (Å²) in [6, 6.07) is 96.0. The van der Waals surface area contributed by atoms with E-state index in [0.29, 0.717) is 12.1 Å². The molecule has 0 spiro atoms. The van der Waals surface area contributed by atoms with Gasteiger partial charge in [-0.3, -0.25) is 0 Å². The second-order valence-electron chi connectivity index (χ2n) is 25.6. The van der Waals surface area contributed by atoms with Crippen LogP contribution in [0.5, 0.6) is 0 Å². The highest BCUT2D eigenvalue weighted by molar-refractivity contribution is 8.00. The maximum atomic E-state index is 2.88. The van der Waals surface area contributed by atoms with Gasteiger partial charge in [-0.15, -0.1) is 0 Å². The summed E-state index contributed by atoms with van der Waals surface area (Å²) in [4.78, 5) is 13.5. The van der Waals surface area contributed by atoms with Crippen LogP contribution in [0.4, 0.5) is 56.9 Å². The molecule has 0 aromatic heterocycles. The number of hydrogen-bond donors (Lipinski definition) is 0. The first kappa shape index (κ1) is 48.6. The monoisotopic (exact) mass is 1090 g/mol. The Morgan fingerprint density at radius 1 is 0.357 bits per heavy atom. The Kier molecular flexibility index (Phi) is 10.6. The summed E-state index contributed by atoms with van der Waals surface area (Å²) in [5.41, 5.74) is 29.0. The Balaban J connectivity index is 0.903. The molecule has 4 atom stereocenters. The van der Waals surface area contributed by atoms with Crippen molar-refractivity contribution in [2.75, 3.05) is 19.6 Å². The first-order chi connectivity index (χ1) is 41.3. The number of hydrogen-bond acceptors (Lipinski definition) is 5. The van der Waals surface area contributed by atoms with Gasteiger partial charge >= 0.3 is 0 Å². The Labute approximate surface area is 498 Å². The molecular weight excluding hydrogens is 1030 g/mol. The number of para-hydroxylation sites is 4. The quantitative estimate of drug-likeness (QED) is 0.147. The van der Waals surface area contributed by atoms with E-state index in [0.717, 1.165) is 11.8 Å². The van der Waals surface area contributed by atoms with E-state index in [1.54, 1.807) is 0 Å². The molecule has 2 saturated carbocycles. The van der Waals surface area contributed by atoms with Gasteiger partial charge in [0.05, 0.1) is 5.69 Å². The molecule has 8 aliphatic rings. The number of fused-ring (bicyclic) bond motifs is 8. The molecule has 4 nitrogen and oxygen atoms in total. The van der Waals surface area contributed by atoms with Crippen molar-refractivity contribution in [3.63, 3.8) is 0 Å². The lowest BCUT2D eigenvalue weighted by molar-refractivity contribution is 0.540. The molecular formula is C77H60B2N4S. The maximum Gasteiger partial charge on any atom is 0.252 e.